The van der Waals surface area contributed by atoms with Crippen molar-refractivity contribution >= 4 is 5.65 Å². The minimum Gasteiger partial charge on any atom is -0.284 e. The van der Waals surface area contributed by atoms with E-state index in [1.54, 1.807) is 17.1 Å². The molecule has 1 aliphatic rings. The Hall–Kier alpha value is -3.03. The third-order valence-electron chi connectivity index (χ3n) is 5.56. The van der Waals surface area contributed by atoms with Crippen molar-refractivity contribution in [3.63, 3.8) is 0 Å². The molecule has 138 valence electrons. The Morgan fingerprint density at radius 2 is 2.00 bits per heavy atom. The van der Waals surface area contributed by atoms with Crippen LogP contribution in [0.2, 0.25) is 0 Å². The van der Waals surface area contributed by atoms with Crippen LogP contribution in [0.3, 0.4) is 0 Å². The number of rotatable bonds is 5. The van der Waals surface area contributed by atoms with Crippen molar-refractivity contribution in [2.24, 2.45) is 7.05 Å². The molecule has 4 aromatic heterocycles. The molecule has 0 unspecified atom stereocenters. The first-order valence-electron chi connectivity index (χ1n) is 9.13. The van der Waals surface area contributed by atoms with Crippen molar-refractivity contribution < 1.29 is 4.39 Å². The summed E-state index contributed by atoms with van der Waals surface area (Å²) in [6.07, 6.45) is 14.8. The topological polar surface area (TPSA) is 65.8 Å². The first-order chi connectivity index (χ1) is 13.2. The highest BCUT2D eigenvalue weighted by molar-refractivity contribution is 5.68. The molecule has 27 heavy (non-hydrogen) atoms. The zero-order chi connectivity index (χ0) is 18.4. The maximum Gasteiger partial charge on any atom is 0.149 e. The van der Waals surface area contributed by atoms with Gasteiger partial charge in [-0.3, -0.25) is 18.2 Å². The van der Waals surface area contributed by atoms with Gasteiger partial charge in [-0.2, -0.15) is 10.2 Å². The van der Waals surface area contributed by atoms with Crippen molar-refractivity contribution in [2.45, 2.75) is 31.2 Å². The Bertz CT molecular complexity index is 1100. The van der Waals surface area contributed by atoms with E-state index in [0.29, 0.717) is 6.42 Å². The monoisotopic (exact) mass is 365 g/mol. The number of alkyl halides is 1. The molecule has 0 aromatic carbocycles. The van der Waals surface area contributed by atoms with E-state index in [9.17, 15) is 4.39 Å². The molecule has 0 bridgehead atoms. The van der Waals surface area contributed by atoms with Gasteiger partial charge in [-0.25, -0.2) is 9.97 Å². The smallest absolute Gasteiger partial charge is 0.149 e. The molecule has 0 radical (unpaired) electrons. The summed E-state index contributed by atoms with van der Waals surface area (Å²) >= 11 is 0. The van der Waals surface area contributed by atoms with Crippen LogP contribution in [0.5, 0.6) is 0 Å². The minimum atomic E-state index is -0.324. The van der Waals surface area contributed by atoms with Gasteiger partial charge in [0.05, 0.1) is 35.9 Å². The van der Waals surface area contributed by atoms with Crippen LogP contribution in [0.4, 0.5) is 4.39 Å². The van der Waals surface area contributed by atoms with Gasteiger partial charge in [0.25, 0.3) is 0 Å². The molecular weight excluding hydrogens is 345 g/mol. The van der Waals surface area contributed by atoms with Gasteiger partial charge >= 0.3 is 0 Å². The van der Waals surface area contributed by atoms with Crippen molar-refractivity contribution in [1.82, 2.24) is 33.9 Å². The van der Waals surface area contributed by atoms with Crippen molar-refractivity contribution in [3.8, 4) is 22.6 Å². The molecule has 1 saturated carbocycles. The van der Waals surface area contributed by atoms with Crippen LogP contribution in [-0.4, -0.2) is 40.6 Å². The van der Waals surface area contributed by atoms with Gasteiger partial charge in [0.15, 0.2) is 0 Å². The molecule has 0 spiro atoms. The van der Waals surface area contributed by atoms with Gasteiger partial charge in [0, 0.05) is 49.9 Å². The maximum atomic E-state index is 13.1. The van der Waals surface area contributed by atoms with E-state index in [1.807, 2.05) is 47.0 Å². The van der Waals surface area contributed by atoms with Crippen molar-refractivity contribution in [3.05, 3.63) is 43.2 Å². The van der Waals surface area contributed by atoms with Gasteiger partial charge in [-0.15, -0.1) is 0 Å². The first-order valence-corrected chi connectivity index (χ1v) is 9.13. The fourth-order valence-corrected chi connectivity index (χ4v) is 3.88. The Morgan fingerprint density at radius 1 is 1.15 bits per heavy atom. The lowest BCUT2D eigenvalue weighted by Gasteiger charge is -2.41. The Kier molecular flexibility index (Phi) is 3.60. The molecule has 1 aliphatic carbocycles. The number of halogens is 1. The van der Waals surface area contributed by atoms with Crippen LogP contribution >= 0.6 is 0 Å². The van der Waals surface area contributed by atoms with Crippen LogP contribution in [0.15, 0.2) is 43.2 Å². The summed E-state index contributed by atoms with van der Waals surface area (Å²) in [5, 5.41) is 8.80. The van der Waals surface area contributed by atoms with Crippen LogP contribution in [0.1, 0.15) is 25.7 Å². The van der Waals surface area contributed by atoms with Gasteiger partial charge in [0.2, 0.25) is 0 Å². The second kappa shape index (κ2) is 6.00. The molecule has 5 rings (SSSR count). The predicted octanol–water partition coefficient (Wildman–Crippen LogP) is 3.23. The highest BCUT2D eigenvalue weighted by atomic mass is 19.1. The standard InChI is InChI=1S/C19H20FN7/c1-25-12-14(10-22-25)16-9-17-21-7-8-26(17)18(24-16)15-11-23-27(13-15)19(5-6-20)3-2-4-19/h7-13H,2-6H2,1H3. The summed E-state index contributed by atoms with van der Waals surface area (Å²) in [6, 6.07) is 1.95. The summed E-state index contributed by atoms with van der Waals surface area (Å²) in [6.45, 7) is -0.324. The Morgan fingerprint density at radius 3 is 2.70 bits per heavy atom. The highest BCUT2D eigenvalue weighted by Gasteiger charge is 2.39. The summed E-state index contributed by atoms with van der Waals surface area (Å²) < 4.78 is 18.7. The van der Waals surface area contributed by atoms with E-state index in [4.69, 9.17) is 4.98 Å². The van der Waals surface area contributed by atoms with E-state index in [0.717, 1.165) is 47.6 Å². The number of hydrogen-bond donors (Lipinski definition) is 0. The summed E-state index contributed by atoms with van der Waals surface area (Å²) in [4.78, 5) is 9.28. The molecule has 0 amide bonds. The zero-order valence-corrected chi connectivity index (χ0v) is 15.1. The second-order valence-corrected chi connectivity index (χ2v) is 7.21. The number of fused-ring (bicyclic) bond motifs is 1. The van der Waals surface area contributed by atoms with Crippen LogP contribution in [-0.2, 0) is 12.6 Å². The van der Waals surface area contributed by atoms with Gasteiger partial charge in [0.1, 0.15) is 11.5 Å². The lowest BCUT2D eigenvalue weighted by Crippen LogP contribution is -2.41. The van der Waals surface area contributed by atoms with E-state index in [1.165, 1.54) is 0 Å². The molecule has 0 aliphatic heterocycles. The zero-order valence-electron chi connectivity index (χ0n) is 15.1. The van der Waals surface area contributed by atoms with Crippen LogP contribution in [0.25, 0.3) is 28.3 Å². The SMILES string of the molecule is Cn1cc(-c2cc3nccn3c(-c3cnn(C4(CCF)CCC4)c3)n2)cn1. The van der Waals surface area contributed by atoms with E-state index in [2.05, 4.69) is 15.2 Å². The summed E-state index contributed by atoms with van der Waals surface area (Å²) in [7, 11) is 1.88. The predicted molar refractivity (Wildman–Crippen MR) is 98.8 cm³/mol. The number of aryl methyl sites for hydroxylation is 1. The second-order valence-electron chi connectivity index (χ2n) is 7.21. The maximum absolute atomic E-state index is 13.1. The average Bonchev–Trinajstić information content (AvgIpc) is 3.37. The Labute approximate surface area is 155 Å². The summed E-state index contributed by atoms with van der Waals surface area (Å²) in [5.41, 5.74) is 3.28. The van der Waals surface area contributed by atoms with E-state index >= 15 is 0 Å². The molecule has 7 nitrogen and oxygen atoms in total. The van der Waals surface area contributed by atoms with Crippen molar-refractivity contribution in [2.75, 3.05) is 6.67 Å². The molecule has 4 heterocycles. The van der Waals surface area contributed by atoms with Crippen LogP contribution < -0.4 is 0 Å². The van der Waals surface area contributed by atoms with Gasteiger partial charge in [-0.1, -0.05) is 0 Å². The minimum absolute atomic E-state index is 0.179. The number of hydrogen-bond acceptors (Lipinski definition) is 4. The molecule has 0 N–H and O–H groups in total. The Balaban J connectivity index is 1.62. The molecule has 0 saturated heterocycles. The lowest BCUT2D eigenvalue weighted by molar-refractivity contribution is 0.101. The molecular formula is C19H20FN7. The van der Waals surface area contributed by atoms with E-state index in [-0.39, 0.29) is 12.2 Å². The highest BCUT2D eigenvalue weighted by Crippen LogP contribution is 2.42. The number of imidazole rings is 1. The van der Waals surface area contributed by atoms with Gasteiger partial charge < -0.3 is 0 Å². The summed E-state index contributed by atoms with van der Waals surface area (Å²) in [5.74, 6) is 0.768. The fourth-order valence-electron chi connectivity index (χ4n) is 3.88. The quantitative estimate of drug-likeness (QED) is 0.545. The first kappa shape index (κ1) is 16.2. The van der Waals surface area contributed by atoms with Gasteiger partial charge in [-0.05, 0) is 19.3 Å². The number of aromatic nitrogens is 7. The third-order valence-corrected chi connectivity index (χ3v) is 5.56. The van der Waals surface area contributed by atoms with Crippen molar-refractivity contribution in [1.29, 1.82) is 0 Å². The average molecular weight is 365 g/mol. The molecule has 4 aromatic rings. The molecule has 8 heteroatoms. The third kappa shape index (κ3) is 2.55. The molecule has 0 atom stereocenters. The van der Waals surface area contributed by atoms with Crippen LogP contribution in [0, 0.1) is 0 Å². The number of nitrogens with zero attached hydrogens (tertiary/aromatic N) is 7. The largest absolute Gasteiger partial charge is 0.284 e. The van der Waals surface area contributed by atoms with E-state index < -0.39 is 0 Å². The molecule has 1 fully saturated rings. The normalized spacial score (nSPS) is 15.9. The fraction of sp³-hybridized carbons (Fsp3) is 0.368. The lowest BCUT2D eigenvalue weighted by atomic mass is 9.75.